The molecule has 7 heteroatoms. The maximum absolute atomic E-state index is 11.7. The number of halogens is 1. The van der Waals surface area contributed by atoms with Gasteiger partial charge in [-0.05, 0) is 51.6 Å². The van der Waals surface area contributed by atoms with Gasteiger partial charge in [0.05, 0.1) is 13.0 Å². The topological polar surface area (TPSA) is 57.2 Å². The molecule has 1 N–H and O–H groups in total. The Morgan fingerprint density at radius 3 is 2.52 bits per heavy atom. The molecule has 0 amide bonds. The number of methoxy groups -OCH3 is 1. The summed E-state index contributed by atoms with van der Waals surface area (Å²) in [5.41, 5.74) is 0. The monoisotopic (exact) mass is 466 g/mol. The van der Waals surface area contributed by atoms with Crippen molar-refractivity contribution in [3.63, 3.8) is 0 Å². The third kappa shape index (κ3) is 6.92. The van der Waals surface area contributed by atoms with Crippen LogP contribution >= 0.6 is 24.0 Å². The first kappa shape index (κ1) is 22.5. The van der Waals surface area contributed by atoms with E-state index in [0.717, 1.165) is 45.0 Å². The molecule has 0 aromatic carbocycles. The molecule has 146 valence electrons. The lowest BCUT2D eigenvalue weighted by molar-refractivity contribution is -0.146. The van der Waals surface area contributed by atoms with Gasteiger partial charge in [-0.25, -0.2) is 0 Å². The number of hydrogen-bond acceptors (Lipinski definition) is 4. The fraction of sp³-hybridized carbons (Fsp3) is 0.889. The van der Waals surface area contributed by atoms with Gasteiger partial charge < -0.3 is 19.9 Å². The quantitative estimate of drug-likeness (QED) is 0.282. The molecule has 1 unspecified atom stereocenters. The lowest BCUT2D eigenvalue weighted by Crippen LogP contribution is -2.46. The number of ether oxygens (including phenoxy) is 1. The average Bonchev–Trinajstić information content (AvgIpc) is 3.06. The number of carbonyl (C=O) groups excluding carboxylic acids is 1. The highest BCUT2D eigenvalue weighted by molar-refractivity contribution is 14.0. The van der Waals surface area contributed by atoms with E-state index in [2.05, 4.69) is 29.0 Å². The minimum Gasteiger partial charge on any atom is -0.469 e. The number of rotatable bonds is 6. The normalized spacial score (nSPS) is 22.6. The van der Waals surface area contributed by atoms with Gasteiger partial charge >= 0.3 is 5.97 Å². The smallest absolute Gasteiger partial charge is 0.308 e. The largest absolute Gasteiger partial charge is 0.469 e. The van der Waals surface area contributed by atoms with Crippen molar-refractivity contribution < 1.29 is 9.53 Å². The zero-order chi connectivity index (χ0) is 17.4. The predicted molar refractivity (Wildman–Crippen MR) is 113 cm³/mol. The van der Waals surface area contributed by atoms with E-state index in [1.54, 1.807) is 0 Å². The summed E-state index contributed by atoms with van der Waals surface area (Å²) in [6, 6.07) is 0. The van der Waals surface area contributed by atoms with Crippen molar-refractivity contribution in [2.75, 3.05) is 52.9 Å². The molecule has 2 saturated heterocycles. The van der Waals surface area contributed by atoms with Gasteiger partial charge in [0.1, 0.15) is 0 Å². The molecule has 2 heterocycles. The summed E-state index contributed by atoms with van der Waals surface area (Å²) in [6.07, 6.45) is 4.19. The maximum atomic E-state index is 11.7. The van der Waals surface area contributed by atoms with Gasteiger partial charge in [0.2, 0.25) is 0 Å². The Morgan fingerprint density at radius 1 is 1.20 bits per heavy atom. The fourth-order valence-corrected chi connectivity index (χ4v) is 3.72. The molecule has 0 aromatic heterocycles. The summed E-state index contributed by atoms with van der Waals surface area (Å²) in [5.74, 6) is 1.66. The van der Waals surface area contributed by atoms with E-state index in [1.807, 2.05) is 0 Å². The molecule has 1 atom stereocenters. The molecule has 0 spiro atoms. The predicted octanol–water partition coefficient (Wildman–Crippen LogP) is 2.19. The van der Waals surface area contributed by atoms with Crippen LogP contribution in [0.1, 0.15) is 39.5 Å². The number of esters is 1. The molecular formula is C18H35IN4O2. The Balaban J connectivity index is 0.00000312. The van der Waals surface area contributed by atoms with Crippen LogP contribution in [0.5, 0.6) is 0 Å². The number of aliphatic imine (C=N–C) groups is 1. The van der Waals surface area contributed by atoms with Gasteiger partial charge in [0.15, 0.2) is 5.96 Å². The second kappa shape index (κ2) is 11.9. The highest BCUT2D eigenvalue weighted by atomic mass is 127. The van der Waals surface area contributed by atoms with Crippen LogP contribution in [0.25, 0.3) is 0 Å². The van der Waals surface area contributed by atoms with Crippen LogP contribution in [0.2, 0.25) is 0 Å². The fourth-order valence-electron chi connectivity index (χ4n) is 3.72. The third-order valence-electron chi connectivity index (χ3n) is 5.07. The van der Waals surface area contributed by atoms with Gasteiger partial charge in [-0.15, -0.1) is 24.0 Å². The Hall–Kier alpha value is -0.570. The van der Waals surface area contributed by atoms with Crippen LogP contribution in [0.15, 0.2) is 4.99 Å². The van der Waals surface area contributed by atoms with Crippen molar-refractivity contribution in [2.24, 2.45) is 16.8 Å². The first-order chi connectivity index (χ1) is 11.7. The van der Waals surface area contributed by atoms with Crippen LogP contribution in [0.4, 0.5) is 0 Å². The highest BCUT2D eigenvalue weighted by Crippen LogP contribution is 2.20. The Bertz CT molecular complexity index is 425. The van der Waals surface area contributed by atoms with Crippen molar-refractivity contribution in [2.45, 2.75) is 39.5 Å². The van der Waals surface area contributed by atoms with Gasteiger partial charge in [0, 0.05) is 32.7 Å². The van der Waals surface area contributed by atoms with E-state index < -0.39 is 0 Å². The van der Waals surface area contributed by atoms with Crippen molar-refractivity contribution in [1.29, 1.82) is 0 Å². The standard InChI is InChI=1S/C18H34N4O2.HI/c1-4-9-21-10-6-15(14-21)13-20-18(19-5-2)22-11-7-16(8-12-22)17(23)24-3;/h15-16H,4-14H2,1-3H3,(H,19,20);1H. The molecule has 0 aliphatic carbocycles. The van der Waals surface area contributed by atoms with Gasteiger partial charge in [-0.1, -0.05) is 6.92 Å². The molecular weight excluding hydrogens is 431 g/mol. The van der Waals surface area contributed by atoms with Crippen molar-refractivity contribution in [1.82, 2.24) is 15.1 Å². The lowest BCUT2D eigenvalue weighted by Gasteiger charge is -2.33. The first-order valence-electron chi connectivity index (χ1n) is 9.51. The molecule has 2 aliphatic heterocycles. The molecule has 0 bridgehead atoms. The summed E-state index contributed by atoms with van der Waals surface area (Å²) in [6.45, 7) is 11.5. The van der Waals surface area contributed by atoms with E-state index >= 15 is 0 Å². The van der Waals surface area contributed by atoms with E-state index in [4.69, 9.17) is 9.73 Å². The number of piperidine rings is 1. The van der Waals surface area contributed by atoms with Gasteiger partial charge in [-0.2, -0.15) is 0 Å². The molecule has 2 fully saturated rings. The summed E-state index contributed by atoms with van der Waals surface area (Å²) in [7, 11) is 1.48. The molecule has 0 aromatic rings. The van der Waals surface area contributed by atoms with Crippen molar-refractivity contribution in [3.05, 3.63) is 0 Å². The van der Waals surface area contributed by atoms with Crippen molar-refractivity contribution >= 4 is 35.9 Å². The number of nitrogens with one attached hydrogen (secondary N) is 1. The minimum atomic E-state index is -0.0708. The van der Waals surface area contributed by atoms with E-state index in [9.17, 15) is 4.79 Å². The number of carbonyl (C=O) groups is 1. The minimum absolute atomic E-state index is 0. The Labute approximate surface area is 169 Å². The zero-order valence-electron chi connectivity index (χ0n) is 16.0. The van der Waals surface area contributed by atoms with Crippen LogP contribution in [0.3, 0.4) is 0 Å². The molecule has 6 nitrogen and oxygen atoms in total. The summed E-state index contributed by atoms with van der Waals surface area (Å²) >= 11 is 0. The molecule has 0 saturated carbocycles. The van der Waals surface area contributed by atoms with Crippen LogP contribution in [0, 0.1) is 11.8 Å². The Kier molecular flexibility index (Phi) is 10.7. The van der Waals surface area contributed by atoms with Gasteiger partial charge in [-0.3, -0.25) is 9.79 Å². The molecule has 2 aliphatic rings. The zero-order valence-corrected chi connectivity index (χ0v) is 18.3. The van der Waals surface area contributed by atoms with Crippen LogP contribution in [-0.4, -0.2) is 74.7 Å². The van der Waals surface area contributed by atoms with Crippen molar-refractivity contribution in [3.8, 4) is 0 Å². The molecule has 0 radical (unpaired) electrons. The molecule has 25 heavy (non-hydrogen) atoms. The number of likely N-dealkylation sites (tertiary alicyclic amines) is 2. The average molecular weight is 466 g/mol. The van der Waals surface area contributed by atoms with E-state index in [1.165, 1.54) is 39.6 Å². The lowest BCUT2D eigenvalue weighted by atomic mass is 9.97. The second-order valence-electron chi connectivity index (χ2n) is 6.93. The van der Waals surface area contributed by atoms with E-state index in [-0.39, 0.29) is 35.9 Å². The third-order valence-corrected chi connectivity index (χ3v) is 5.07. The highest BCUT2D eigenvalue weighted by Gasteiger charge is 2.27. The number of hydrogen-bond donors (Lipinski definition) is 1. The first-order valence-corrected chi connectivity index (χ1v) is 9.51. The van der Waals surface area contributed by atoms with Crippen LogP contribution in [-0.2, 0) is 9.53 Å². The van der Waals surface area contributed by atoms with E-state index in [0.29, 0.717) is 5.92 Å². The molecule has 2 rings (SSSR count). The maximum Gasteiger partial charge on any atom is 0.308 e. The number of nitrogens with zero attached hydrogens (tertiary/aromatic N) is 3. The number of guanidine groups is 1. The second-order valence-corrected chi connectivity index (χ2v) is 6.93. The summed E-state index contributed by atoms with van der Waals surface area (Å²) in [5, 5.41) is 3.42. The summed E-state index contributed by atoms with van der Waals surface area (Å²) in [4.78, 5) is 21.4. The van der Waals surface area contributed by atoms with Gasteiger partial charge in [0.25, 0.3) is 0 Å². The Morgan fingerprint density at radius 2 is 1.92 bits per heavy atom. The van der Waals surface area contributed by atoms with Crippen LogP contribution < -0.4 is 5.32 Å². The summed E-state index contributed by atoms with van der Waals surface area (Å²) < 4.78 is 4.87. The SMILES string of the molecule is CCCN1CCC(CN=C(NCC)N2CCC(C(=O)OC)CC2)C1.I.